The fraction of sp³-hybridized carbons (Fsp3) is 0.0667. The number of carboxylic acids is 1. The molecule has 2 aromatic carbocycles. The zero-order chi connectivity index (χ0) is 18.2. The third-order valence-electron chi connectivity index (χ3n) is 2.65. The van der Waals surface area contributed by atoms with Crippen molar-refractivity contribution in [3.05, 3.63) is 60.2 Å². The molecule has 0 aliphatic heterocycles. The largest absolute Gasteiger partial charge is 0.478 e. The van der Waals surface area contributed by atoms with E-state index in [1.807, 2.05) is 0 Å². The molecular weight excluding hydrogens is 381 g/mol. The van der Waals surface area contributed by atoms with Crippen LogP contribution in [-0.4, -0.2) is 40.5 Å². The second-order valence-corrected chi connectivity index (χ2v) is 8.11. The molecule has 2 rings (SSSR count). The van der Waals surface area contributed by atoms with Gasteiger partial charge >= 0.3 is 94.4 Å². The van der Waals surface area contributed by atoms with E-state index in [2.05, 4.69) is 9.19 Å². The molecule has 0 bridgehead atoms. The van der Waals surface area contributed by atoms with Gasteiger partial charge in [-0.2, -0.15) is 0 Å². The molecule has 0 aliphatic rings. The van der Waals surface area contributed by atoms with E-state index >= 15 is 0 Å². The summed E-state index contributed by atoms with van der Waals surface area (Å²) >= 11 is -4.76. The second kappa shape index (κ2) is 9.05. The molecule has 0 heterocycles. The number of nitrogens with one attached hydrogen (secondary N) is 1. The number of hydrogen-bond acceptors (Lipinski definition) is 5. The first-order valence-corrected chi connectivity index (χ1v) is 9.89. The zero-order valence-corrected chi connectivity index (χ0v) is 14.5. The van der Waals surface area contributed by atoms with Gasteiger partial charge in [0.05, 0.1) is 5.56 Å². The molecule has 0 saturated carbocycles. The summed E-state index contributed by atoms with van der Waals surface area (Å²) in [6, 6.07) is 13.8. The number of carboxylic acid groups (broad SMARTS) is 1. The molecule has 128 valence electrons. The van der Waals surface area contributed by atoms with E-state index in [0.29, 0.717) is 11.3 Å². The van der Waals surface area contributed by atoms with E-state index in [1.165, 1.54) is 31.2 Å². The van der Waals surface area contributed by atoms with E-state index in [1.54, 1.807) is 30.3 Å². The van der Waals surface area contributed by atoms with Crippen molar-refractivity contribution in [2.24, 2.45) is 0 Å². The summed E-state index contributed by atoms with van der Waals surface area (Å²) in [6.07, 6.45) is 0. The van der Waals surface area contributed by atoms with Crippen LogP contribution in [0.2, 0.25) is 0 Å². The van der Waals surface area contributed by atoms with Gasteiger partial charge in [-0.25, -0.2) is 4.79 Å². The average Bonchev–Trinajstić information content (AvgIpc) is 2.56. The van der Waals surface area contributed by atoms with Gasteiger partial charge in [-0.05, 0) is 12.1 Å². The summed E-state index contributed by atoms with van der Waals surface area (Å²) < 4.78 is 23.8. The molecule has 1 unspecified atom stereocenters. The van der Waals surface area contributed by atoms with E-state index in [9.17, 15) is 13.3 Å². The average molecular weight is 397 g/mol. The molecule has 9 heteroatoms. The van der Waals surface area contributed by atoms with Crippen molar-refractivity contribution in [3.63, 3.8) is 0 Å². The fourth-order valence-electron chi connectivity index (χ4n) is 1.56. The molecule has 1 amide bonds. The first-order valence-electron chi connectivity index (χ1n) is 6.59. The molecule has 4 N–H and O–H groups in total. The molecule has 0 fully saturated rings. The number of anilines is 1. The number of hydrogen-bond donors (Lipinski definition) is 4. The van der Waals surface area contributed by atoms with Gasteiger partial charge in [0.1, 0.15) is 0 Å². The van der Waals surface area contributed by atoms with E-state index in [-0.39, 0.29) is 10.3 Å². The van der Waals surface area contributed by atoms with Crippen LogP contribution < -0.4 is 9.67 Å². The van der Waals surface area contributed by atoms with Gasteiger partial charge in [0.15, 0.2) is 0 Å². The molecule has 0 aliphatic carbocycles. The van der Waals surface area contributed by atoms with Gasteiger partial charge in [-0.3, -0.25) is 0 Å². The number of aromatic carboxylic acids is 1. The van der Waals surface area contributed by atoms with Crippen molar-refractivity contribution in [1.29, 1.82) is 0 Å². The van der Waals surface area contributed by atoms with Gasteiger partial charge in [-0.15, -0.1) is 0 Å². The number of carbonyl (C=O) groups excluding carboxylic acids is 1. The minimum atomic E-state index is -4.76. The minimum absolute atomic E-state index is 0.00438. The van der Waals surface area contributed by atoms with Gasteiger partial charge < -0.3 is 5.11 Å². The Bertz CT molecular complexity index is 731. The topological polar surface area (TPSA) is 133 Å². The SMILES string of the molecule is CC(=O)Nc1ccc([As](=O)(O)OO)cc1.O=C(O)c1ccccc1. The van der Waals surface area contributed by atoms with E-state index in [4.69, 9.17) is 14.5 Å². The van der Waals surface area contributed by atoms with Crippen molar-refractivity contribution in [2.45, 2.75) is 6.92 Å². The Morgan fingerprint density at radius 3 is 1.96 bits per heavy atom. The molecule has 1 atom stereocenters. The molecule has 0 aromatic heterocycles. The van der Waals surface area contributed by atoms with Crippen molar-refractivity contribution < 1.29 is 31.7 Å². The third kappa shape index (κ3) is 6.39. The Kier molecular flexibility index (Phi) is 7.41. The molecule has 8 nitrogen and oxygen atoms in total. The summed E-state index contributed by atoms with van der Waals surface area (Å²) in [4.78, 5) is 20.9. The van der Waals surface area contributed by atoms with Crippen molar-refractivity contribution in [2.75, 3.05) is 5.32 Å². The first kappa shape index (κ1) is 19.7. The van der Waals surface area contributed by atoms with Crippen LogP contribution in [0.5, 0.6) is 0 Å². The van der Waals surface area contributed by atoms with Crippen LogP contribution in [0.3, 0.4) is 0 Å². The zero-order valence-electron chi connectivity index (χ0n) is 12.6. The Hall–Kier alpha value is -2.38. The molecule has 0 spiro atoms. The fourth-order valence-corrected chi connectivity index (χ4v) is 2.87. The van der Waals surface area contributed by atoms with Crippen LogP contribution in [0, 0.1) is 0 Å². The van der Waals surface area contributed by atoms with Crippen LogP contribution >= 0.6 is 0 Å². The molecule has 2 aromatic rings. The van der Waals surface area contributed by atoms with Crippen molar-refractivity contribution in [1.82, 2.24) is 0 Å². The first-order chi connectivity index (χ1) is 11.3. The van der Waals surface area contributed by atoms with Crippen LogP contribution in [0.4, 0.5) is 5.69 Å². The van der Waals surface area contributed by atoms with E-state index in [0.717, 1.165) is 0 Å². The normalized spacial score (nSPS) is 12.3. The van der Waals surface area contributed by atoms with Crippen molar-refractivity contribution >= 4 is 36.1 Å². The van der Waals surface area contributed by atoms with Gasteiger partial charge in [0, 0.05) is 0 Å². The monoisotopic (exact) mass is 397 g/mol. The number of rotatable bonds is 4. The maximum atomic E-state index is 11.2. The molecule has 0 radical (unpaired) electrons. The summed E-state index contributed by atoms with van der Waals surface area (Å²) in [5.41, 5.74) is 0.831. The maximum Gasteiger partial charge on any atom is 0.335 e. The summed E-state index contributed by atoms with van der Waals surface area (Å²) in [5, 5.41) is 19.1. The number of carbonyl (C=O) groups is 2. The Morgan fingerprint density at radius 1 is 1.04 bits per heavy atom. The van der Waals surface area contributed by atoms with Gasteiger partial charge in [-0.1, -0.05) is 18.2 Å². The summed E-state index contributed by atoms with van der Waals surface area (Å²) in [6.45, 7) is 1.35. The van der Waals surface area contributed by atoms with Crippen LogP contribution in [0.1, 0.15) is 17.3 Å². The molecule has 0 saturated heterocycles. The Labute approximate surface area is 140 Å². The van der Waals surface area contributed by atoms with Gasteiger partial charge in [0.2, 0.25) is 0 Å². The smallest absolute Gasteiger partial charge is 0.335 e. The minimum Gasteiger partial charge on any atom is -0.478 e. The molecule has 24 heavy (non-hydrogen) atoms. The molecular formula is C15H16AsNO7. The number of amides is 1. The number of benzene rings is 2. The predicted molar refractivity (Wildman–Crippen MR) is 86.2 cm³/mol. The maximum absolute atomic E-state index is 11.2. The second-order valence-electron chi connectivity index (χ2n) is 4.50. The third-order valence-corrected chi connectivity index (χ3v) is 5.10. The van der Waals surface area contributed by atoms with Crippen LogP contribution in [-0.2, 0) is 12.4 Å². The predicted octanol–water partition coefficient (Wildman–Crippen LogP) is 1.09. The van der Waals surface area contributed by atoms with Crippen molar-refractivity contribution in [3.8, 4) is 0 Å². The standard InChI is InChI=1S/C8H10AsNO5.C7H6O2/c1-6(11)10-8-4-2-7(3-5-8)9(12,13)15-14;8-7(9)6-4-2-1-3-5-6/h2-5,14H,1H3,(H,10,11)(H,12,13);1-5H,(H,8,9). The van der Waals surface area contributed by atoms with Crippen LogP contribution in [0.25, 0.3) is 0 Å². The summed E-state index contributed by atoms with van der Waals surface area (Å²) in [7, 11) is 0. The quantitative estimate of drug-likeness (QED) is 0.345. The Balaban J connectivity index is 0.000000272. The summed E-state index contributed by atoms with van der Waals surface area (Å²) in [5.74, 6) is -1.12. The van der Waals surface area contributed by atoms with E-state index < -0.39 is 20.1 Å². The van der Waals surface area contributed by atoms with Crippen LogP contribution in [0.15, 0.2) is 54.6 Å². The van der Waals surface area contributed by atoms with Gasteiger partial charge in [0.25, 0.3) is 0 Å². The Morgan fingerprint density at radius 2 is 1.58 bits per heavy atom.